The van der Waals surface area contributed by atoms with Gasteiger partial charge in [0.1, 0.15) is 9.84 Å². The quantitative estimate of drug-likeness (QED) is 0.702. The number of likely N-dealkylation sites (tertiary alicyclic amines) is 1. The minimum Gasteiger partial charge on any atom is -0.353 e. The van der Waals surface area contributed by atoms with Crippen molar-refractivity contribution in [1.82, 2.24) is 10.2 Å². The molecule has 2 rings (SSSR count). The maximum absolute atomic E-state index is 12.2. The van der Waals surface area contributed by atoms with Gasteiger partial charge in [0.25, 0.3) is 0 Å². The molecule has 0 aromatic heterocycles. The van der Waals surface area contributed by atoms with Gasteiger partial charge in [0, 0.05) is 17.8 Å². The summed E-state index contributed by atoms with van der Waals surface area (Å²) in [6.07, 6.45) is 3.54. The lowest BCUT2D eigenvalue weighted by Crippen LogP contribution is -2.45. The normalized spacial score (nSPS) is 18.0. The van der Waals surface area contributed by atoms with E-state index in [9.17, 15) is 13.2 Å². The molecule has 0 radical (unpaired) electrons. The molecule has 8 heteroatoms. The van der Waals surface area contributed by atoms with Gasteiger partial charge in [0.2, 0.25) is 5.91 Å². The number of sulfone groups is 1. The topological polar surface area (TPSA) is 92.5 Å². The highest BCUT2D eigenvalue weighted by Crippen LogP contribution is 2.26. The molecule has 1 aliphatic rings. The molecule has 2 atom stereocenters. The summed E-state index contributed by atoms with van der Waals surface area (Å²) in [6.45, 7) is 2.38. The number of nitrogens with two attached hydrogens (primary N) is 1. The molecule has 140 valence electrons. The average molecular weight is 388 g/mol. The van der Waals surface area contributed by atoms with Gasteiger partial charge in [0.05, 0.1) is 17.8 Å². The number of nitrogens with one attached hydrogen (secondary N) is 1. The minimum atomic E-state index is -3.13. The van der Waals surface area contributed by atoms with Crippen LogP contribution in [-0.2, 0) is 14.6 Å². The molecule has 1 saturated heterocycles. The van der Waals surface area contributed by atoms with Gasteiger partial charge in [-0.2, -0.15) is 0 Å². The van der Waals surface area contributed by atoms with Gasteiger partial charge < -0.3 is 11.1 Å². The maximum Gasteiger partial charge on any atom is 0.237 e. The summed E-state index contributed by atoms with van der Waals surface area (Å²) in [7, 11) is -3.13. The fraction of sp³-hybridized carbons (Fsp3) is 0.588. The van der Waals surface area contributed by atoms with Crippen LogP contribution in [0, 0.1) is 0 Å². The predicted molar refractivity (Wildman–Crippen MR) is 100 cm³/mol. The van der Waals surface area contributed by atoms with Crippen LogP contribution in [0.25, 0.3) is 0 Å². The van der Waals surface area contributed by atoms with Crippen molar-refractivity contribution in [1.29, 1.82) is 0 Å². The monoisotopic (exact) mass is 387 g/mol. The smallest absolute Gasteiger partial charge is 0.237 e. The molecule has 1 fully saturated rings. The van der Waals surface area contributed by atoms with Crippen LogP contribution in [0.15, 0.2) is 24.3 Å². The molecule has 0 bridgehead atoms. The van der Waals surface area contributed by atoms with Crippen molar-refractivity contribution in [2.24, 2.45) is 5.73 Å². The van der Waals surface area contributed by atoms with Gasteiger partial charge in [-0.3, -0.25) is 9.69 Å². The molecule has 1 aliphatic heterocycles. The summed E-state index contributed by atoms with van der Waals surface area (Å²) in [6, 6.07) is 6.86. The lowest BCUT2D eigenvalue weighted by Gasteiger charge is -2.28. The van der Waals surface area contributed by atoms with Crippen LogP contribution < -0.4 is 11.1 Å². The zero-order valence-electron chi connectivity index (χ0n) is 14.4. The first-order chi connectivity index (χ1) is 11.8. The zero-order chi connectivity index (χ0) is 18.4. The van der Waals surface area contributed by atoms with Crippen molar-refractivity contribution >= 4 is 27.3 Å². The van der Waals surface area contributed by atoms with Gasteiger partial charge in [-0.25, -0.2) is 8.42 Å². The molecule has 6 nitrogen and oxygen atoms in total. The molecule has 2 unspecified atom stereocenters. The first-order valence-electron chi connectivity index (χ1n) is 8.47. The van der Waals surface area contributed by atoms with Crippen molar-refractivity contribution in [2.45, 2.75) is 31.3 Å². The Morgan fingerprint density at radius 2 is 2.04 bits per heavy atom. The van der Waals surface area contributed by atoms with E-state index in [1.54, 1.807) is 0 Å². The fourth-order valence-electron chi connectivity index (χ4n) is 3.03. The molecular formula is C17H26ClN3O3S. The van der Waals surface area contributed by atoms with Gasteiger partial charge in [0.15, 0.2) is 0 Å². The van der Waals surface area contributed by atoms with Crippen molar-refractivity contribution in [3.05, 3.63) is 34.9 Å². The number of amides is 1. The van der Waals surface area contributed by atoms with E-state index in [2.05, 4.69) is 10.2 Å². The van der Waals surface area contributed by atoms with Gasteiger partial charge in [-0.15, -0.1) is 0 Å². The number of carbonyl (C=O) groups excluding carboxylic acids is 1. The van der Waals surface area contributed by atoms with Crippen LogP contribution in [-0.4, -0.2) is 56.9 Å². The Morgan fingerprint density at radius 1 is 1.36 bits per heavy atom. The van der Waals surface area contributed by atoms with Crippen molar-refractivity contribution in [3.8, 4) is 0 Å². The van der Waals surface area contributed by atoms with Crippen LogP contribution in [0.2, 0.25) is 5.02 Å². The largest absolute Gasteiger partial charge is 0.353 e. The van der Waals surface area contributed by atoms with E-state index in [4.69, 9.17) is 17.3 Å². The van der Waals surface area contributed by atoms with Crippen LogP contribution in [0.1, 0.15) is 30.9 Å². The van der Waals surface area contributed by atoms with E-state index in [1.807, 2.05) is 24.3 Å². The summed E-state index contributed by atoms with van der Waals surface area (Å²) in [4.78, 5) is 14.5. The number of hydrogen-bond acceptors (Lipinski definition) is 5. The third kappa shape index (κ3) is 6.58. The second-order valence-corrected chi connectivity index (χ2v) is 9.28. The van der Waals surface area contributed by atoms with Crippen molar-refractivity contribution in [3.63, 3.8) is 0 Å². The Bertz CT molecular complexity index is 690. The number of halogens is 1. The summed E-state index contributed by atoms with van der Waals surface area (Å²) in [5, 5.41) is 3.53. The standard InChI is InChI=1S/C17H26ClN3O3S/c1-25(23,24)10-7-15(19)17(22)20-12-16(21-8-2-3-9-21)13-5-4-6-14(18)11-13/h4-6,11,15-16H,2-3,7-10,12,19H2,1H3,(H,20,22). The van der Waals surface area contributed by atoms with Crippen LogP contribution >= 0.6 is 11.6 Å². The predicted octanol–water partition coefficient (Wildman–Crippen LogP) is 1.36. The molecule has 1 aromatic carbocycles. The first-order valence-corrected chi connectivity index (χ1v) is 10.9. The number of rotatable bonds is 8. The lowest BCUT2D eigenvalue weighted by atomic mass is 10.1. The van der Waals surface area contributed by atoms with Crippen LogP contribution in [0.4, 0.5) is 0 Å². The summed E-state index contributed by atoms with van der Waals surface area (Å²) in [5.41, 5.74) is 6.87. The third-order valence-corrected chi connectivity index (χ3v) is 5.63. The number of benzene rings is 1. The van der Waals surface area contributed by atoms with Crippen LogP contribution in [0.5, 0.6) is 0 Å². The van der Waals surface area contributed by atoms with Gasteiger partial charge in [-0.1, -0.05) is 23.7 Å². The number of nitrogens with zero attached hydrogens (tertiary/aromatic N) is 1. The second kappa shape index (κ2) is 8.98. The second-order valence-electron chi connectivity index (χ2n) is 6.58. The van der Waals surface area contributed by atoms with E-state index in [0.29, 0.717) is 11.6 Å². The molecule has 0 aliphatic carbocycles. The van der Waals surface area contributed by atoms with E-state index in [-0.39, 0.29) is 24.1 Å². The number of hydrogen-bond donors (Lipinski definition) is 2. The lowest BCUT2D eigenvalue weighted by molar-refractivity contribution is -0.122. The SMILES string of the molecule is CS(=O)(=O)CCC(N)C(=O)NCC(c1cccc(Cl)c1)N1CCCC1. The van der Waals surface area contributed by atoms with Crippen molar-refractivity contribution in [2.75, 3.05) is 31.6 Å². The molecule has 3 N–H and O–H groups in total. The number of carbonyl (C=O) groups is 1. The molecule has 1 aromatic rings. The molecule has 1 amide bonds. The Labute approximate surface area is 154 Å². The van der Waals surface area contributed by atoms with E-state index < -0.39 is 15.9 Å². The molecular weight excluding hydrogens is 362 g/mol. The maximum atomic E-state index is 12.2. The van der Waals surface area contributed by atoms with E-state index >= 15 is 0 Å². The third-order valence-electron chi connectivity index (χ3n) is 4.42. The Kier molecular flexibility index (Phi) is 7.25. The first kappa shape index (κ1) is 20.2. The highest BCUT2D eigenvalue weighted by molar-refractivity contribution is 7.90. The Hall–Kier alpha value is -1.15. The zero-order valence-corrected chi connectivity index (χ0v) is 16.0. The molecule has 0 saturated carbocycles. The highest BCUT2D eigenvalue weighted by atomic mass is 35.5. The fourth-order valence-corrected chi connectivity index (χ4v) is 3.91. The minimum absolute atomic E-state index is 0.0345. The molecule has 1 heterocycles. The molecule has 25 heavy (non-hydrogen) atoms. The van der Waals surface area contributed by atoms with Crippen LogP contribution in [0.3, 0.4) is 0 Å². The Balaban J connectivity index is 1.98. The average Bonchev–Trinajstić information content (AvgIpc) is 3.06. The van der Waals surface area contributed by atoms with E-state index in [0.717, 1.165) is 37.8 Å². The van der Waals surface area contributed by atoms with Gasteiger partial charge >= 0.3 is 0 Å². The molecule has 0 spiro atoms. The summed E-state index contributed by atoms with van der Waals surface area (Å²) < 4.78 is 22.4. The summed E-state index contributed by atoms with van der Waals surface area (Å²) in [5.74, 6) is -0.416. The van der Waals surface area contributed by atoms with E-state index in [1.165, 1.54) is 0 Å². The summed E-state index contributed by atoms with van der Waals surface area (Å²) >= 11 is 6.11. The van der Waals surface area contributed by atoms with Gasteiger partial charge in [-0.05, 0) is 50.0 Å². The highest BCUT2D eigenvalue weighted by Gasteiger charge is 2.25. The Morgan fingerprint density at radius 3 is 2.64 bits per heavy atom. The van der Waals surface area contributed by atoms with Crippen molar-refractivity contribution < 1.29 is 13.2 Å².